The molecule has 0 saturated carbocycles. The summed E-state index contributed by atoms with van der Waals surface area (Å²) in [6.07, 6.45) is -2.97. The zero-order chi connectivity index (χ0) is 14.2. The number of nitrogens with two attached hydrogens (primary N) is 1. The fourth-order valence-electron chi connectivity index (χ4n) is 1.92. The van der Waals surface area contributed by atoms with Crippen molar-refractivity contribution >= 4 is 12.5 Å². The maximum absolute atomic E-state index is 11.7. The number of hydrogen-bond acceptors (Lipinski definition) is 8. The highest BCUT2D eigenvalue weighted by molar-refractivity contribution is 5.27. The van der Waals surface area contributed by atoms with Crippen LogP contribution in [0.25, 0.3) is 0 Å². The van der Waals surface area contributed by atoms with E-state index in [1.54, 1.807) is 0 Å². The number of nitrogens with zero attached hydrogens (tertiary/aromatic N) is 3. The molecule has 5 N–H and O–H groups in total. The number of rotatable bonds is 3. The normalized spacial score (nSPS) is 34.4. The molecule has 9 nitrogen and oxygen atoms in total. The van der Waals surface area contributed by atoms with Crippen LogP contribution in [0.15, 0.2) is 22.1 Å². The van der Waals surface area contributed by atoms with Gasteiger partial charge in [0, 0.05) is 6.20 Å². The molecule has 0 bridgehead atoms. The summed E-state index contributed by atoms with van der Waals surface area (Å²) in [6.45, 7) is 2.51. The number of aromatic nitrogens is 2. The van der Waals surface area contributed by atoms with Crippen LogP contribution in [0.4, 0.5) is 5.82 Å². The summed E-state index contributed by atoms with van der Waals surface area (Å²) < 4.78 is 6.23. The van der Waals surface area contributed by atoms with Crippen molar-refractivity contribution < 1.29 is 20.1 Å². The first-order valence-electron chi connectivity index (χ1n) is 5.42. The molecular weight excluding hydrogens is 256 g/mol. The van der Waals surface area contributed by atoms with Crippen molar-refractivity contribution in [2.75, 3.05) is 12.3 Å². The summed E-state index contributed by atoms with van der Waals surface area (Å²) in [7, 11) is 0. The standard InChI is InChI=1S/C10H14N4O5/c1-12-10(4-15)7(17)6(16)8(19-10)14-3-2-5(11)13-9(14)18/h2-3,6-8,15-17H,1,4H2,(H2,11,13,18)/t6-,7?,8+,10+/m0/s1. The molecule has 1 aromatic rings. The van der Waals surface area contributed by atoms with Gasteiger partial charge in [0.15, 0.2) is 6.23 Å². The van der Waals surface area contributed by atoms with E-state index in [2.05, 4.69) is 16.7 Å². The second-order valence-corrected chi connectivity index (χ2v) is 4.15. The Hall–Kier alpha value is -1.81. The topological polar surface area (TPSA) is 143 Å². The van der Waals surface area contributed by atoms with Crippen LogP contribution in [0.3, 0.4) is 0 Å². The molecular formula is C10H14N4O5. The number of hydrogen-bond donors (Lipinski definition) is 4. The van der Waals surface area contributed by atoms with Crippen LogP contribution in [-0.4, -0.2) is 56.1 Å². The predicted octanol–water partition coefficient (Wildman–Crippen LogP) is -2.53. The zero-order valence-electron chi connectivity index (χ0n) is 9.88. The van der Waals surface area contributed by atoms with Crippen LogP contribution >= 0.6 is 0 Å². The van der Waals surface area contributed by atoms with E-state index < -0.39 is 36.5 Å². The lowest BCUT2D eigenvalue weighted by Crippen LogP contribution is -2.44. The molecule has 0 radical (unpaired) electrons. The molecule has 1 aliphatic rings. The first kappa shape index (κ1) is 13.6. The Morgan fingerprint density at radius 3 is 2.79 bits per heavy atom. The smallest absolute Gasteiger partial charge is 0.351 e. The minimum Gasteiger partial charge on any atom is -0.391 e. The largest absolute Gasteiger partial charge is 0.391 e. The minimum absolute atomic E-state index is 0.0181. The van der Waals surface area contributed by atoms with E-state index in [1.165, 1.54) is 12.3 Å². The Labute approximate surface area is 107 Å². The molecule has 0 amide bonds. The maximum atomic E-state index is 11.7. The van der Waals surface area contributed by atoms with Gasteiger partial charge < -0.3 is 25.8 Å². The zero-order valence-corrected chi connectivity index (χ0v) is 9.88. The van der Waals surface area contributed by atoms with Crippen molar-refractivity contribution in [3.63, 3.8) is 0 Å². The highest BCUT2D eigenvalue weighted by atomic mass is 16.6. The van der Waals surface area contributed by atoms with E-state index in [4.69, 9.17) is 10.5 Å². The van der Waals surface area contributed by atoms with Gasteiger partial charge in [-0.05, 0) is 12.8 Å². The van der Waals surface area contributed by atoms with Gasteiger partial charge >= 0.3 is 5.69 Å². The highest BCUT2D eigenvalue weighted by Crippen LogP contribution is 2.36. The van der Waals surface area contributed by atoms with Gasteiger partial charge in [-0.25, -0.2) is 4.79 Å². The average Bonchev–Trinajstić information content (AvgIpc) is 2.64. The first-order valence-corrected chi connectivity index (χ1v) is 5.42. The summed E-state index contributed by atoms with van der Waals surface area (Å²) >= 11 is 0. The molecule has 104 valence electrons. The Morgan fingerprint density at radius 1 is 1.63 bits per heavy atom. The van der Waals surface area contributed by atoms with E-state index in [1.807, 2.05) is 0 Å². The molecule has 0 spiro atoms. The second kappa shape index (κ2) is 4.70. The SMILES string of the molecule is C=N[C@]1(CO)O[C@@H](n2ccc(N)nc2=O)[C@@H](O)C1O. The summed E-state index contributed by atoms with van der Waals surface area (Å²) in [5, 5.41) is 29.0. The Kier molecular flexibility index (Phi) is 3.37. The number of aliphatic hydroxyl groups excluding tert-OH is 3. The van der Waals surface area contributed by atoms with E-state index in [9.17, 15) is 20.1 Å². The van der Waals surface area contributed by atoms with Crippen molar-refractivity contribution in [1.82, 2.24) is 9.55 Å². The van der Waals surface area contributed by atoms with Crippen LogP contribution in [0.1, 0.15) is 6.23 Å². The number of aliphatic imine (C=N–C) groups is 1. The average molecular weight is 270 g/mol. The van der Waals surface area contributed by atoms with Gasteiger partial charge in [-0.15, -0.1) is 0 Å². The molecule has 2 rings (SSSR count). The summed E-state index contributed by atoms with van der Waals surface area (Å²) in [5.74, 6) is 0.0181. The molecule has 1 unspecified atom stereocenters. The van der Waals surface area contributed by atoms with Crippen molar-refractivity contribution in [2.24, 2.45) is 4.99 Å². The fourth-order valence-corrected chi connectivity index (χ4v) is 1.92. The van der Waals surface area contributed by atoms with E-state index in [0.29, 0.717) is 0 Å². The number of ether oxygens (including phenoxy) is 1. The van der Waals surface area contributed by atoms with Crippen molar-refractivity contribution in [3.8, 4) is 0 Å². The van der Waals surface area contributed by atoms with Crippen LogP contribution in [-0.2, 0) is 4.74 Å². The molecule has 1 saturated heterocycles. The lowest BCUT2D eigenvalue weighted by Gasteiger charge is -2.24. The summed E-state index contributed by atoms with van der Waals surface area (Å²) in [6, 6.07) is 1.34. The second-order valence-electron chi connectivity index (χ2n) is 4.15. The van der Waals surface area contributed by atoms with Gasteiger partial charge in [-0.1, -0.05) is 0 Å². The molecule has 4 atom stereocenters. The Bertz CT molecular complexity index is 547. The Morgan fingerprint density at radius 2 is 2.32 bits per heavy atom. The predicted molar refractivity (Wildman–Crippen MR) is 64.4 cm³/mol. The third-order valence-electron chi connectivity index (χ3n) is 3.02. The van der Waals surface area contributed by atoms with Gasteiger partial charge in [-0.2, -0.15) is 4.98 Å². The molecule has 0 aliphatic carbocycles. The highest BCUT2D eigenvalue weighted by Gasteiger charge is 2.54. The van der Waals surface area contributed by atoms with Crippen LogP contribution < -0.4 is 11.4 Å². The van der Waals surface area contributed by atoms with Crippen molar-refractivity contribution in [2.45, 2.75) is 24.2 Å². The third-order valence-corrected chi connectivity index (χ3v) is 3.02. The number of aliphatic hydroxyl groups is 3. The van der Waals surface area contributed by atoms with E-state index in [-0.39, 0.29) is 5.82 Å². The molecule has 1 aromatic heterocycles. The van der Waals surface area contributed by atoms with Gasteiger partial charge in [0.25, 0.3) is 0 Å². The van der Waals surface area contributed by atoms with Crippen molar-refractivity contribution in [1.29, 1.82) is 0 Å². The molecule has 1 aliphatic heterocycles. The van der Waals surface area contributed by atoms with Crippen molar-refractivity contribution in [3.05, 3.63) is 22.7 Å². The molecule has 2 heterocycles. The molecule has 9 heteroatoms. The maximum Gasteiger partial charge on any atom is 0.351 e. The van der Waals surface area contributed by atoms with Gasteiger partial charge in [-0.3, -0.25) is 9.56 Å². The fraction of sp³-hybridized carbons (Fsp3) is 0.500. The van der Waals surface area contributed by atoms with Gasteiger partial charge in [0.05, 0.1) is 6.61 Å². The lowest BCUT2D eigenvalue weighted by molar-refractivity contribution is -0.123. The molecule has 19 heavy (non-hydrogen) atoms. The number of anilines is 1. The van der Waals surface area contributed by atoms with E-state index >= 15 is 0 Å². The lowest BCUT2D eigenvalue weighted by atomic mass is 10.1. The summed E-state index contributed by atoms with van der Waals surface area (Å²) in [5.41, 5.74) is 2.82. The van der Waals surface area contributed by atoms with Crippen LogP contribution in [0.2, 0.25) is 0 Å². The molecule has 1 fully saturated rings. The Balaban J connectivity index is 2.42. The van der Waals surface area contributed by atoms with Gasteiger partial charge in [0.2, 0.25) is 5.72 Å². The van der Waals surface area contributed by atoms with E-state index in [0.717, 1.165) is 4.57 Å². The van der Waals surface area contributed by atoms with Crippen LogP contribution in [0.5, 0.6) is 0 Å². The third kappa shape index (κ3) is 2.02. The van der Waals surface area contributed by atoms with Crippen LogP contribution in [0, 0.1) is 0 Å². The monoisotopic (exact) mass is 270 g/mol. The van der Waals surface area contributed by atoms with Gasteiger partial charge in [0.1, 0.15) is 18.0 Å². The minimum atomic E-state index is -1.77. The molecule has 0 aromatic carbocycles. The number of nitrogen functional groups attached to an aromatic ring is 1. The first-order chi connectivity index (χ1) is 8.95. The quantitative estimate of drug-likeness (QED) is 0.443. The summed E-state index contributed by atoms with van der Waals surface area (Å²) in [4.78, 5) is 18.6.